The predicted octanol–water partition coefficient (Wildman–Crippen LogP) is 2.87. The van der Waals surface area contributed by atoms with Crippen molar-refractivity contribution in [1.82, 2.24) is 4.90 Å². The molecule has 0 aromatic rings. The van der Waals surface area contributed by atoms with Crippen molar-refractivity contribution in [2.75, 3.05) is 13.1 Å². The summed E-state index contributed by atoms with van der Waals surface area (Å²) in [6.45, 7) is 8.67. The Bertz CT molecular complexity index is 106. The topological polar surface area (TPSA) is 3.24 Å². The molecule has 1 aliphatic carbocycles. The van der Waals surface area contributed by atoms with Gasteiger partial charge in [-0.25, -0.2) is 0 Å². The standard InChI is InChI=1S/C11H22N/c1-3-5-10-12(4-2)11-8-6-7-9-11/h11H,1,3-10H2,2H3. The number of rotatable bonds is 5. The van der Waals surface area contributed by atoms with Gasteiger partial charge in [-0.3, -0.25) is 0 Å². The molecule has 0 saturated heterocycles. The molecule has 0 bridgehead atoms. The number of unbranched alkanes of at least 4 members (excludes halogenated alkanes) is 1. The Hall–Kier alpha value is -0.0400. The van der Waals surface area contributed by atoms with Crippen LogP contribution in [0.15, 0.2) is 0 Å². The van der Waals surface area contributed by atoms with E-state index in [1.807, 2.05) is 0 Å². The van der Waals surface area contributed by atoms with Gasteiger partial charge in [-0.2, -0.15) is 0 Å². The largest absolute Gasteiger partial charge is 0.301 e. The van der Waals surface area contributed by atoms with Gasteiger partial charge in [-0.1, -0.05) is 33.1 Å². The molecular formula is C11H22N. The van der Waals surface area contributed by atoms with Gasteiger partial charge in [0.25, 0.3) is 0 Å². The lowest BCUT2D eigenvalue weighted by Crippen LogP contribution is -2.33. The maximum Gasteiger partial charge on any atom is 0.00951 e. The van der Waals surface area contributed by atoms with Crippen LogP contribution in [0.3, 0.4) is 0 Å². The van der Waals surface area contributed by atoms with Gasteiger partial charge in [-0.05, 0) is 32.4 Å². The molecule has 0 unspecified atom stereocenters. The third kappa shape index (κ3) is 2.78. The molecular weight excluding hydrogens is 146 g/mol. The van der Waals surface area contributed by atoms with Gasteiger partial charge in [-0.15, -0.1) is 0 Å². The molecule has 1 aliphatic rings. The Morgan fingerprint density at radius 3 is 2.50 bits per heavy atom. The molecule has 0 spiro atoms. The maximum absolute atomic E-state index is 3.89. The summed E-state index contributed by atoms with van der Waals surface area (Å²) < 4.78 is 0. The molecule has 1 saturated carbocycles. The molecule has 0 aromatic heterocycles. The lowest BCUT2D eigenvalue weighted by atomic mass is 10.2. The van der Waals surface area contributed by atoms with Gasteiger partial charge < -0.3 is 4.90 Å². The average molecular weight is 168 g/mol. The van der Waals surface area contributed by atoms with Crippen LogP contribution in [0.2, 0.25) is 0 Å². The maximum atomic E-state index is 3.89. The lowest BCUT2D eigenvalue weighted by molar-refractivity contribution is 0.207. The van der Waals surface area contributed by atoms with Crippen LogP contribution in [-0.2, 0) is 0 Å². The van der Waals surface area contributed by atoms with Crippen molar-refractivity contribution in [2.24, 2.45) is 0 Å². The van der Waals surface area contributed by atoms with Crippen LogP contribution >= 0.6 is 0 Å². The van der Waals surface area contributed by atoms with E-state index in [1.165, 1.54) is 45.2 Å². The zero-order valence-electron chi connectivity index (χ0n) is 8.39. The minimum atomic E-state index is 0.904. The second kappa shape index (κ2) is 5.58. The number of hydrogen-bond acceptors (Lipinski definition) is 1. The molecule has 0 aliphatic heterocycles. The average Bonchev–Trinajstić information content (AvgIpc) is 2.59. The second-order valence-corrected chi connectivity index (χ2v) is 3.77. The van der Waals surface area contributed by atoms with E-state index in [4.69, 9.17) is 0 Å². The SMILES string of the molecule is [CH2]CCCN(CC)C1CCCC1. The Labute approximate surface area is 77.1 Å². The fraction of sp³-hybridized carbons (Fsp3) is 0.909. The predicted molar refractivity (Wildman–Crippen MR) is 54.1 cm³/mol. The molecule has 0 atom stereocenters. The van der Waals surface area contributed by atoms with E-state index in [0.29, 0.717) is 0 Å². The first-order valence-corrected chi connectivity index (χ1v) is 5.41. The highest BCUT2D eigenvalue weighted by molar-refractivity contribution is 4.76. The fourth-order valence-electron chi connectivity index (χ4n) is 2.18. The van der Waals surface area contributed by atoms with E-state index in [-0.39, 0.29) is 0 Å². The summed E-state index contributed by atoms with van der Waals surface area (Å²) in [5.41, 5.74) is 0. The van der Waals surface area contributed by atoms with Crippen LogP contribution in [0.5, 0.6) is 0 Å². The van der Waals surface area contributed by atoms with Crippen LogP contribution in [0.1, 0.15) is 45.4 Å². The Morgan fingerprint density at radius 1 is 1.33 bits per heavy atom. The molecule has 0 amide bonds. The molecule has 1 radical (unpaired) electrons. The van der Waals surface area contributed by atoms with Crippen molar-refractivity contribution in [3.05, 3.63) is 6.92 Å². The fourth-order valence-corrected chi connectivity index (χ4v) is 2.18. The summed E-state index contributed by atoms with van der Waals surface area (Å²) >= 11 is 0. The normalized spacial score (nSPS) is 19.2. The summed E-state index contributed by atoms with van der Waals surface area (Å²) in [4.78, 5) is 2.64. The van der Waals surface area contributed by atoms with Gasteiger partial charge in [0.05, 0.1) is 0 Å². The van der Waals surface area contributed by atoms with E-state index < -0.39 is 0 Å². The molecule has 1 rings (SSSR count). The summed E-state index contributed by atoms with van der Waals surface area (Å²) in [6.07, 6.45) is 8.13. The highest BCUT2D eigenvalue weighted by atomic mass is 15.1. The smallest absolute Gasteiger partial charge is 0.00951 e. The Balaban J connectivity index is 2.22. The van der Waals surface area contributed by atoms with Crippen LogP contribution in [0.25, 0.3) is 0 Å². The minimum Gasteiger partial charge on any atom is -0.301 e. The molecule has 1 nitrogen and oxygen atoms in total. The van der Waals surface area contributed by atoms with Crippen molar-refractivity contribution < 1.29 is 0 Å². The molecule has 12 heavy (non-hydrogen) atoms. The molecule has 0 heterocycles. The zero-order chi connectivity index (χ0) is 8.81. The Kier molecular flexibility index (Phi) is 4.67. The summed E-state index contributed by atoms with van der Waals surface area (Å²) in [5, 5.41) is 0. The lowest BCUT2D eigenvalue weighted by Gasteiger charge is -2.27. The summed E-state index contributed by atoms with van der Waals surface area (Å²) in [5.74, 6) is 0. The number of nitrogens with zero attached hydrogens (tertiary/aromatic N) is 1. The van der Waals surface area contributed by atoms with Crippen molar-refractivity contribution in [1.29, 1.82) is 0 Å². The molecule has 1 heteroatoms. The van der Waals surface area contributed by atoms with Crippen LogP contribution in [0, 0.1) is 6.92 Å². The highest BCUT2D eigenvalue weighted by Gasteiger charge is 2.20. The van der Waals surface area contributed by atoms with Crippen molar-refractivity contribution in [3.8, 4) is 0 Å². The zero-order valence-corrected chi connectivity index (χ0v) is 8.39. The van der Waals surface area contributed by atoms with Gasteiger partial charge in [0, 0.05) is 6.04 Å². The molecule has 0 N–H and O–H groups in total. The van der Waals surface area contributed by atoms with Crippen LogP contribution in [-0.4, -0.2) is 24.0 Å². The Morgan fingerprint density at radius 2 is 2.00 bits per heavy atom. The number of hydrogen-bond donors (Lipinski definition) is 0. The first kappa shape index (κ1) is 10.0. The van der Waals surface area contributed by atoms with Crippen molar-refractivity contribution >= 4 is 0 Å². The van der Waals surface area contributed by atoms with Crippen molar-refractivity contribution in [2.45, 2.75) is 51.5 Å². The molecule has 1 fully saturated rings. The molecule has 71 valence electrons. The monoisotopic (exact) mass is 168 g/mol. The summed E-state index contributed by atoms with van der Waals surface area (Å²) in [7, 11) is 0. The third-order valence-electron chi connectivity index (χ3n) is 2.94. The van der Waals surface area contributed by atoms with E-state index in [1.54, 1.807) is 0 Å². The van der Waals surface area contributed by atoms with Gasteiger partial charge in [0.15, 0.2) is 0 Å². The first-order chi connectivity index (χ1) is 5.88. The first-order valence-electron chi connectivity index (χ1n) is 5.41. The minimum absolute atomic E-state index is 0.904. The second-order valence-electron chi connectivity index (χ2n) is 3.77. The van der Waals surface area contributed by atoms with Gasteiger partial charge in [0.1, 0.15) is 0 Å². The van der Waals surface area contributed by atoms with Gasteiger partial charge >= 0.3 is 0 Å². The van der Waals surface area contributed by atoms with E-state index in [2.05, 4.69) is 18.7 Å². The quantitative estimate of drug-likeness (QED) is 0.610. The van der Waals surface area contributed by atoms with Crippen molar-refractivity contribution in [3.63, 3.8) is 0 Å². The van der Waals surface area contributed by atoms with Crippen LogP contribution in [0.4, 0.5) is 0 Å². The van der Waals surface area contributed by atoms with E-state index in [9.17, 15) is 0 Å². The highest BCUT2D eigenvalue weighted by Crippen LogP contribution is 2.23. The third-order valence-corrected chi connectivity index (χ3v) is 2.94. The van der Waals surface area contributed by atoms with Gasteiger partial charge in [0.2, 0.25) is 0 Å². The summed E-state index contributed by atoms with van der Waals surface area (Å²) in [6, 6.07) is 0.904. The molecule has 0 aromatic carbocycles. The van der Waals surface area contributed by atoms with Crippen LogP contribution < -0.4 is 0 Å². The van der Waals surface area contributed by atoms with E-state index in [0.717, 1.165) is 12.5 Å². The van der Waals surface area contributed by atoms with E-state index >= 15 is 0 Å².